The molecular formula is C23H23N3O3. The van der Waals surface area contributed by atoms with Gasteiger partial charge in [-0.3, -0.25) is 9.59 Å². The van der Waals surface area contributed by atoms with Gasteiger partial charge in [-0.15, -0.1) is 0 Å². The monoisotopic (exact) mass is 389 g/mol. The summed E-state index contributed by atoms with van der Waals surface area (Å²) in [5.41, 5.74) is 4.20. The Labute approximate surface area is 169 Å². The van der Waals surface area contributed by atoms with Crippen molar-refractivity contribution in [3.63, 3.8) is 0 Å². The number of hydrogen-bond donors (Lipinski definition) is 1. The van der Waals surface area contributed by atoms with E-state index in [1.807, 2.05) is 68.4 Å². The Bertz CT molecular complexity index is 1060. The van der Waals surface area contributed by atoms with Crippen molar-refractivity contribution in [2.45, 2.75) is 19.8 Å². The SMILES string of the molecule is Cc1cccc(-n2ncc(C(=O)N3CC(C(=O)O)C(c4ccccc4)C3)c2C)c1. The molecule has 1 aliphatic rings. The fourth-order valence-electron chi connectivity index (χ4n) is 4.07. The van der Waals surface area contributed by atoms with Gasteiger partial charge in [0.15, 0.2) is 0 Å². The first-order valence-electron chi connectivity index (χ1n) is 9.64. The summed E-state index contributed by atoms with van der Waals surface area (Å²) >= 11 is 0. The van der Waals surface area contributed by atoms with Gasteiger partial charge >= 0.3 is 5.97 Å². The first-order valence-corrected chi connectivity index (χ1v) is 9.64. The molecule has 1 N–H and O–H groups in total. The molecular weight excluding hydrogens is 366 g/mol. The number of carbonyl (C=O) groups excluding carboxylic acids is 1. The number of carbonyl (C=O) groups is 2. The predicted molar refractivity (Wildman–Crippen MR) is 109 cm³/mol. The molecule has 4 rings (SSSR count). The highest BCUT2D eigenvalue weighted by molar-refractivity contribution is 5.96. The van der Waals surface area contributed by atoms with Crippen LogP contribution in [-0.2, 0) is 4.79 Å². The van der Waals surface area contributed by atoms with E-state index < -0.39 is 11.9 Å². The molecule has 0 spiro atoms. The van der Waals surface area contributed by atoms with Crippen molar-refractivity contribution in [3.05, 3.63) is 83.2 Å². The van der Waals surface area contributed by atoms with Crippen LogP contribution >= 0.6 is 0 Å². The number of hydrogen-bond acceptors (Lipinski definition) is 3. The Kier molecular flexibility index (Phi) is 4.92. The van der Waals surface area contributed by atoms with E-state index in [1.165, 1.54) is 0 Å². The van der Waals surface area contributed by atoms with E-state index in [1.54, 1.807) is 15.8 Å². The Balaban J connectivity index is 1.61. The maximum Gasteiger partial charge on any atom is 0.308 e. The Hall–Kier alpha value is -3.41. The van der Waals surface area contributed by atoms with Crippen LogP contribution in [-0.4, -0.2) is 44.8 Å². The van der Waals surface area contributed by atoms with Crippen molar-refractivity contribution in [1.29, 1.82) is 0 Å². The van der Waals surface area contributed by atoms with Gasteiger partial charge in [-0.1, -0.05) is 42.5 Å². The zero-order valence-corrected chi connectivity index (χ0v) is 16.4. The van der Waals surface area contributed by atoms with Gasteiger partial charge in [-0.25, -0.2) is 4.68 Å². The van der Waals surface area contributed by atoms with E-state index in [-0.39, 0.29) is 18.4 Å². The molecule has 2 unspecified atom stereocenters. The number of rotatable bonds is 4. The topological polar surface area (TPSA) is 75.4 Å². The number of carboxylic acid groups (broad SMARTS) is 1. The van der Waals surface area contributed by atoms with Crippen LogP contribution < -0.4 is 0 Å². The third-order valence-electron chi connectivity index (χ3n) is 5.64. The highest BCUT2D eigenvalue weighted by Gasteiger charge is 2.41. The number of aromatic nitrogens is 2. The van der Waals surface area contributed by atoms with Gasteiger partial charge in [0, 0.05) is 19.0 Å². The average molecular weight is 389 g/mol. The second-order valence-electron chi connectivity index (χ2n) is 7.57. The van der Waals surface area contributed by atoms with Crippen LogP contribution in [0.25, 0.3) is 5.69 Å². The van der Waals surface area contributed by atoms with Crippen LogP contribution in [0, 0.1) is 19.8 Å². The molecule has 29 heavy (non-hydrogen) atoms. The summed E-state index contributed by atoms with van der Waals surface area (Å²) in [6.07, 6.45) is 1.58. The lowest BCUT2D eigenvalue weighted by Gasteiger charge is -2.16. The van der Waals surface area contributed by atoms with Gasteiger partial charge in [0.05, 0.1) is 29.1 Å². The molecule has 0 aliphatic carbocycles. The van der Waals surface area contributed by atoms with Gasteiger partial charge < -0.3 is 10.0 Å². The maximum atomic E-state index is 13.2. The van der Waals surface area contributed by atoms with Crippen molar-refractivity contribution < 1.29 is 14.7 Å². The van der Waals surface area contributed by atoms with E-state index in [0.717, 1.165) is 22.5 Å². The minimum absolute atomic E-state index is 0.175. The molecule has 1 amide bonds. The smallest absolute Gasteiger partial charge is 0.308 e. The molecule has 1 aromatic heterocycles. The van der Waals surface area contributed by atoms with Gasteiger partial charge in [-0.2, -0.15) is 5.10 Å². The lowest BCUT2D eigenvalue weighted by atomic mass is 9.89. The number of aliphatic carboxylic acids is 1. The van der Waals surface area contributed by atoms with E-state index in [9.17, 15) is 14.7 Å². The molecule has 2 aromatic carbocycles. The lowest BCUT2D eigenvalue weighted by Crippen LogP contribution is -2.30. The fourth-order valence-corrected chi connectivity index (χ4v) is 4.07. The minimum atomic E-state index is -0.874. The quantitative estimate of drug-likeness (QED) is 0.742. The molecule has 3 aromatic rings. The van der Waals surface area contributed by atoms with Crippen molar-refractivity contribution in [1.82, 2.24) is 14.7 Å². The summed E-state index contributed by atoms with van der Waals surface area (Å²) in [6.45, 7) is 4.45. The molecule has 2 atom stereocenters. The first kappa shape index (κ1) is 18.9. The first-order chi connectivity index (χ1) is 14.0. The average Bonchev–Trinajstić information content (AvgIpc) is 3.32. The number of aryl methyl sites for hydroxylation is 1. The van der Waals surface area contributed by atoms with E-state index in [4.69, 9.17) is 0 Å². The van der Waals surface area contributed by atoms with Gasteiger partial charge in [0.2, 0.25) is 0 Å². The molecule has 1 aliphatic heterocycles. The Morgan fingerprint density at radius 1 is 1.03 bits per heavy atom. The summed E-state index contributed by atoms with van der Waals surface area (Å²) < 4.78 is 1.75. The number of benzene rings is 2. The largest absolute Gasteiger partial charge is 0.481 e. The van der Waals surface area contributed by atoms with Crippen molar-refractivity contribution >= 4 is 11.9 Å². The van der Waals surface area contributed by atoms with Crippen LogP contribution in [0.15, 0.2) is 60.8 Å². The lowest BCUT2D eigenvalue weighted by molar-refractivity contribution is -0.141. The molecule has 0 bridgehead atoms. The molecule has 1 saturated heterocycles. The minimum Gasteiger partial charge on any atom is -0.481 e. The van der Waals surface area contributed by atoms with Crippen LogP contribution in [0.4, 0.5) is 0 Å². The maximum absolute atomic E-state index is 13.2. The van der Waals surface area contributed by atoms with Crippen molar-refractivity contribution in [2.75, 3.05) is 13.1 Å². The number of likely N-dealkylation sites (tertiary alicyclic amines) is 1. The molecule has 1 fully saturated rings. The second kappa shape index (κ2) is 7.54. The summed E-state index contributed by atoms with van der Waals surface area (Å²) in [4.78, 5) is 26.7. The van der Waals surface area contributed by atoms with Crippen LogP contribution in [0.1, 0.15) is 33.1 Å². The van der Waals surface area contributed by atoms with Crippen molar-refractivity contribution in [3.8, 4) is 5.69 Å². The zero-order valence-electron chi connectivity index (χ0n) is 16.4. The molecule has 148 valence electrons. The van der Waals surface area contributed by atoms with E-state index in [2.05, 4.69) is 5.10 Å². The predicted octanol–water partition coefficient (Wildman–Crippen LogP) is 3.43. The summed E-state index contributed by atoms with van der Waals surface area (Å²) in [5.74, 6) is -1.88. The molecule has 0 saturated carbocycles. The van der Waals surface area contributed by atoms with Crippen LogP contribution in [0.2, 0.25) is 0 Å². The van der Waals surface area contributed by atoms with E-state index >= 15 is 0 Å². The van der Waals surface area contributed by atoms with E-state index in [0.29, 0.717) is 12.1 Å². The number of amides is 1. The molecule has 2 heterocycles. The van der Waals surface area contributed by atoms with Gasteiger partial charge in [-0.05, 0) is 37.1 Å². The van der Waals surface area contributed by atoms with Gasteiger partial charge in [0.1, 0.15) is 0 Å². The van der Waals surface area contributed by atoms with Gasteiger partial charge in [0.25, 0.3) is 5.91 Å². The zero-order chi connectivity index (χ0) is 20.5. The number of nitrogens with zero attached hydrogens (tertiary/aromatic N) is 3. The Morgan fingerprint density at radius 2 is 1.79 bits per heavy atom. The normalized spacial score (nSPS) is 18.8. The highest BCUT2D eigenvalue weighted by Crippen LogP contribution is 2.34. The van der Waals surface area contributed by atoms with Crippen LogP contribution in [0.3, 0.4) is 0 Å². The standard InChI is InChI=1S/C23H23N3O3/c1-15-7-6-10-18(11-15)26-16(2)19(12-24-26)22(27)25-13-20(21(14-25)23(28)29)17-8-4-3-5-9-17/h3-12,20-21H,13-14H2,1-2H3,(H,28,29). The third-order valence-corrected chi connectivity index (χ3v) is 5.64. The summed E-state index contributed by atoms with van der Waals surface area (Å²) in [7, 11) is 0. The number of carboxylic acids is 1. The molecule has 6 nitrogen and oxygen atoms in total. The third kappa shape index (κ3) is 3.53. The Morgan fingerprint density at radius 3 is 2.48 bits per heavy atom. The molecule has 0 radical (unpaired) electrons. The second-order valence-corrected chi connectivity index (χ2v) is 7.57. The molecule has 6 heteroatoms. The van der Waals surface area contributed by atoms with Crippen LogP contribution in [0.5, 0.6) is 0 Å². The summed E-state index contributed by atoms with van der Waals surface area (Å²) in [5, 5.41) is 14.1. The van der Waals surface area contributed by atoms with Crippen molar-refractivity contribution in [2.24, 2.45) is 5.92 Å². The highest BCUT2D eigenvalue weighted by atomic mass is 16.4. The fraction of sp³-hybridized carbons (Fsp3) is 0.261. The summed E-state index contributed by atoms with van der Waals surface area (Å²) in [6, 6.07) is 17.5.